The van der Waals surface area contributed by atoms with Gasteiger partial charge in [-0.3, -0.25) is 4.79 Å². The van der Waals surface area contributed by atoms with Gasteiger partial charge in [0.15, 0.2) is 0 Å². The summed E-state index contributed by atoms with van der Waals surface area (Å²) in [4.78, 5) is 29.2. The summed E-state index contributed by atoms with van der Waals surface area (Å²) in [6, 6.07) is 6.24. The van der Waals surface area contributed by atoms with E-state index in [0.717, 1.165) is 5.56 Å². The van der Waals surface area contributed by atoms with E-state index in [4.69, 9.17) is 21.4 Å². The van der Waals surface area contributed by atoms with Gasteiger partial charge in [-0.15, -0.1) is 0 Å². The van der Waals surface area contributed by atoms with Crippen LogP contribution in [0.2, 0.25) is 5.02 Å². The SMILES string of the molecule is COc1c(C(C)NC(=O)O)cc(Cl)c(C)c1-c1cccc(C(=O)N(C)C)n1. The number of benzene rings is 1. The number of carbonyl (C=O) groups excluding carboxylic acids is 1. The number of methoxy groups -OCH3 is 1. The number of nitrogens with one attached hydrogen (secondary N) is 1. The number of hydrogen-bond donors (Lipinski definition) is 2. The predicted octanol–water partition coefficient (Wildman–Crippen LogP) is 3.75. The van der Waals surface area contributed by atoms with Crippen molar-refractivity contribution in [3.63, 3.8) is 0 Å². The van der Waals surface area contributed by atoms with Crippen LogP contribution >= 0.6 is 11.6 Å². The fourth-order valence-corrected chi connectivity index (χ4v) is 2.99. The number of pyridine rings is 1. The molecule has 8 heteroatoms. The molecule has 144 valence electrons. The highest BCUT2D eigenvalue weighted by atomic mass is 35.5. The van der Waals surface area contributed by atoms with Crippen LogP contribution in [0.15, 0.2) is 24.3 Å². The van der Waals surface area contributed by atoms with Gasteiger partial charge in [0.25, 0.3) is 5.91 Å². The van der Waals surface area contributed by atoms with Gasteiger partial charge >= 0.3 is 6.09 Å². The molecule has 0 saturated carbocycles. The van der Waals surface area contributed by atoms with E-state index in [-0.39, 0.29) is 11.6 Å². The Hall–Kier alpha value is -2.80. The number of rotatable bonds is 5. The standard InChI is InChI=1S/C19H22ClN3O4/c1-10-13(20)9-12(11(2)21-19(25)26)17(27-5)16(10)14-7-6-8-15(22-14)18(24)23(3)4/h6-9,11,21H,1-5H3,(H,25,26). The lowest BCUT2D eigenvalue weighted by Crippen LogP contribution is -2.25. The highest BCUT2D eigenvalue weighted by Gasteiger charge is 2.23. The van der Waals surface area contributed by atoms with E-state index in [1.807, 2.05) is 6.92 Å². The zero-order valence-electron chi connectivity index (χ0n) is 15.8. The van der Waals surface area contributed by atoms with Gasteiger partial charge in [0.1, 0.15) is 11.4 Å². The molecule has 27 heavy (non-hydrogen) atoms. The summed E-state index contributed by atoms with van der Waals surface area (Å²) in [5, 5.41) is 11.9. The second kappa shape index (κ2) is 8.26. The maximum absolute atomic E-state index is 12.3. The fraction of sp³-hybridized carbons (Fsp3) is 0.316. The van der Waals surface area contributed by atoms with E-state index in [0.29, 0.717) is 27.6 Å². The van der Waals surface area contributed by atoms with Crippen molar-refractivity contribution in [2.45, 2.75) is 19.9 Å². The van der Waals surface area contributed by atoms with Crippen LogP contribution in [0.25, 0.3) is 11.3 Å². The lowest BCUT2D eigenvalue weighted by molar-refractivity contribution is 0.0822. The maximum Gasteiger partial charge on any atom is 0.405 e. The lowest BCUT2D eigenvalue weighted by Gasteiger charge is -2.21. The van der Waals surface area contributed by atoms with Gasteiger partial charge in [0.2, 0.25) is 0 Å². The summed E-state index contributed by atoms with van der Waals surface area (Å²) >= 11 is 6.40. The Morgan fingerprint density at radius 3 is 2.56 bits per heavy atom. The Bertz CT molecular complexity index is 883. The van der Waals surface area contributed by atoms with Gasteiger partial charge in [-0.25, -0.2) is 9.78 Å². The molecule has 1 atom stereocenters. The van der Waals surface area contributed by atoms with E-state index in [1.54, 1.807) is 45.3 Å². The van der Waals surface area contributed by atoms with Gasteiger partial charge in [0, 0.05) is 30.2 Å². The van der Waals surface area contributed by atoms with Gasteiger partial charge < -0.3 is 20.1 Å². The van der Waals surface area contributed by atoms with Crippen LogP contribution < -0.4 is 10.1 Å². The summed E-state index contributed by atoms with van der Waals surface area (Å²) in [5.74, 6) is 0.233. The van der Waals surface area contributed by atoms with Crippen LogP contribution in [-0.2, 0) is 0 Å². The molecule has 2 aromatic rings. The van der Waals surface area contributed by atoms with Crippen molar-refractivity contribution in [3.8, 4) is 17.0 Å². The van der Waals surface area contributed by atoms with E-state index >= 15 is 0 Å². The predicted molar refractivity (Wildman–Crippen MR) is 104 cm³/mol. The zero-order valence-corrected chi connectivity index (χ0v) is 16.6. The minimum Gasteiger partial charge on any atom is -0.496 e. The fourth-order valence-electron chi connectivity index (χ4n) is 2.78. The van der Waals surface area contributed by atoms with Gasteiger partial charge in [-0.05, 0) is 37.6 Å². The van der Waals surface area contributed by atoms with Crippen LogP contribution in [0, 0.1) is 6.92 Å². The number of halogens is 1. The van der Waals surface area contributed by atoms with Gasteiger partial charge in [-0.2, -0.15) is 0 Å². The maximum atomic E-state index is 12.3. The van der Waals surface area contributed by atoms with Crippen molar-refractivity contribution >= 4 is 23.6 Å². The van der Waals surface area contributed by atoms with Crippen molar-refractivity contribution < 1.29 is 19.4 Å². The largest absolute Gasteiger partial charge is 0.496 e. The van der Waals surface area contributed by atoms with E-state index in [2.05, 4.69) is 10.3 Å². The van der Waals surface area contributed by atoms with Crippen molar-refractivity contribution in [2.75, 3.05) is 21.2 Å². The first kappa shape index (κ1) is 20.5. The molecule has 0 fully saturated rings. The molecule has 0 spiro atoms. The smallest absolute Gasteiger partial charge is 0.405 e. The molecular weight excluding hydrogens is 370 g/mol. The summed E-state index contributed by atoms with van der Waals surface area (Å²) in [6.45, 7) is 3.52. The number of nitrogens with zero attached hydrogens (tertiary/aromatic N) is 2. The number of carbonyl (C=O) groups is 2. The molecule has 7 nitrogen and oxygen atoms in total. The Labute approximate surface area is 162 Å². The molecule has 0 saturated heterocycles. The second-order valence-electron chi connectivity index (χ2n) is 6.26. The first-order valence-corrected chi connectivity index (χ1v) is 8.60. The molecule has 1 unspecified atom stereocenters. The van der Waals surface area contributed by atoms with Crippen LogP contribution in [0.4, 0.5) is 4.79 Å². The highest BCUT2D eigenvalue weighted by molar-refractivity contribution is 6.32. The minimum absolute atomic E-state index is 0.225. The second-order valence-corrected chi connectivity index (χ2v) is 6.67. The lowest BCUT2D eigenvalue weighted by atomic mass is 9.96. The third-order valence-electron chi connectivity index (χ3n) is 4.15. The Morgan fingerprint density at radius 2 is 2.00 bits per heavy atom. The Balaban J connectivity index is 2.69. The monoisotopic (exact) mass is 391 g/mol. The summed E-state index contributed by atoms with van der Waals surface area (Å²) < 4.78 is 5.59. The van der Waals surface area contributed by atoms with Crippen molar-refractivity contribution in [1.29, 1.82) is 0 Å². The van der Waals surface area contributed by atoms with Crippen LogP contribution in [0.3, 0.4) is 0 Å². The van der Waals surface area contributed by atoms with Crippen molar-refractivity contribution in [1.82, 2.24) is 15.2 Å². The topological polar surface area (TPSA) is 91.8 Å². The average Bonchev–Trinajstić information content (AvgIpc) is 2.62. The quantitative estimate of drug-likeness (QED) is 0.809. The molecule has 0 aliphatic carbocycles. The number of hydrogen-bond acceptors (Lipinski definition) is 4. The molecular formula is C19H22ClN3O4. The van der Waals surface area contributed by atoms with E-state index < -0.39 is 12.1 Å². The molecule has 2 amide bonds. The molecule has 0 aliphatic heterocycles. The molecule has 2 rings (SSSR count). The Kier molecular flexibility index (Phi) is 6.28. The molecule has 1 aromatic carbocycles. The molecule has 1 aromatic heterocycles. The van der Waals surface area contributed by atoms with Crippen LogP contribution in [0.1, 0.15) is 34.6 Å². The average molecular weight is 392 g/mol. The number of amides is 2. The molecule has 1 heterocycles. The first-order chi connectivity index (χ1) is 12.7. The summed E-state index contributed by atoms with van der Waals surface area (Å²) in [6.07, 6.45) is -1.15. The highest BCUT2D eigenvalue weighted by Crippen LogP contribution is 2.41. The minimum atomic E-state index is -1.15. The summed E-state index contributed by atoms with van der Waals surface area (Å²) in [5.41, 5.74) is 2.73. The molecule has 2 N–H and O–H groups in total. The third-order valence-corrected chi connectivity index (χ3v) is 4.54. The third kappa shape index (κ3) is 4.31. The Morgan fingerprint density at radius 1 is 1.33 bits per heavy atom. The van der Waals surface area contributed by atoms with Crippen molar-refractivity contribution in [2.24, 2.45) is 0 Å². The van der Waals surface area contributed by atoms with Crippen LogP contribution in [0.5, 0.6) is 5.75 Å². The molecule has 0 bridgehead atoms. The van der Waals surface area contributed by atoms with Gasteiger partial charge in [-0.1, -0.05) is 17.7 Å². The van der Waals surface area contributed by atoms with Crippen molar-refractivity contribution in [3.05, 3.63) is 46.1 Å². The number of ether oxygens (including phenoxy) is 1. The van der Waals surface area contributed by atoms with E-state index in [9.17, 15) is 9.59 Å². The first-order valence-electron chi connectivity index (χ1n) is 8.22. The number of aromatic nitrogens is 1. The molecule has 0 radical (unpaired) electrons. The summed E-state index contributed by atoms with van der Waals surface area (Å²) in [7, 11) is 4.80. The van der Waals surface area contributed by atoms with Crippen LogP contribution in [-0.4, -0.2) is 48.2 Å². The normalized spacial score (nSPS) is 11.6. The molecule has 0 aliphatic rings. The number of carboxylic acid groups (broad SMARTS) is 1. The zero-order chi connectivity index (χ0) is 20.3. The van der Waals surface area contributed by atoms with E-state index in [1.165, 1.54) is 12.0 Å². The van der Waals surface area contributed by atoms with Gasteiger partial charge in [0.05, 0.1) is 18.8 Å².